The van der Waals surface area contributed by atoms with Crippen LogP contribution in [0.5, 0.6) is 11.5 Å². The lowest BCUT2D eigenvalue weighted by Gasteiger charge is -2.10. The van der Waals surface area contributed by atoms with Crippen LogP contribution in [0.25, 0.3) is 0 Å². The van der Waals surface area contributed by atoms with E-state index in [0.717, 1.165) is 43.0 Å². The van der Waals surface area contributed by atoms with Crippen molar-refractivity contribution in [2.24, 2.45) is 10.9 Å². The molecule has 1 aromatic carbocycles. The standard InChI is InChI=1S/C14H23N3O3/c1-19-12-7-6-11(9-13(12)20-2)10-16-8-4-3-5-14(15)17-18/h6-7,9,16,18H,3-5,8,10H2,1-2H3,(H2,15,17). The Morgan fingerprint density at radius 2 is 2.00 bits per heavy atom. The predicted octanol–water partition coefficient (Wildman–Crippen LogP) is 1.71. The molecule has 0 saturated heterocycles. The van der Waals surface area contributed by atoms with Crippen molar-refractivity contribution in [2.75, 3.05) is 20.8 Å². The molecule has 1 rings (SSSR count). The van der Waals surface area contributed by atoms with E-state index >= 15 is 0 Å². The number of nitrogens with two attached hydrogens (primary N) is 1. The van der Waals surface area contributed by atoms with Crippen LogP contribution >= 0.6 is 0 Å². The number of rotatable bonds is 9. The Morgan fingerprint density at radius 3 is 2.65 bits per heavy atom. The molecule has 0 bridgehead atoms. The van der Waals surface area contributed by atoms with Crippen LogP contribution in [-0.4, -0.2) is 31.8 Å². The molecule has 6 nitrogen and oxygen atoms in total. The molecule has 4 N–H and O–H groups in total. The molecule has 0 aliphatic carbocycles. The Labute approximate surface area is 119 Å². The summed E-state index contributed by atoms with van der Waals surface area (Å²) in [5, 5.41) is 14.7. The smallest absolute Gasteiger partial charge is 0.161 e. The van der Waals surface area contributed by atoms with Gasteiger partial charge in [0.05, 0.1) is 14.2 Å². The highest BCUT2D eigenvalue weighted by Crippen LogP contribution is 2.27. The van der Waals surface area contributed by atoms with Gasteiger partial charge in [0.2, 0.25) is 0 Å². The van der Waals surface area contributed by atoms with E-state index in [2.05, 4.69) is 10.5 Å². The molecule has 0 spiro atoms. The second kappa shape index (κ2) is 9.03. The van der Waals surface area contributed by atoms with E-state index in [4.69, 9.17) is 20.4 Å². The number of hydrogen-bond donors (Lipinski definition) is 3. The van der Waals surface area contributed by atoms with Crippen LogP contribution in [0.4, 0.5) is 0 Å². The van der Waals surface area contributed by atoms with Crippen LogP contribution in [0.2, 0.25) is 0 Å². The number of hydrogen-bond acceptors (Lipinski definition) is 5. The van der Waals surface area contributed by atoms with Gasteiger partial charge in [0.25, 0.3) is 0 Å². The molecule has 0 aliphatic heterocycles. The van der Waals surface area contributed by atoms with Crippen molar-refractivity contribution >= 4 is 5.84 Å². The molecule has 0 aliphatic rings. The van der Waals surface area contributed by atoms with Crippen molar-refractivity contribution in [2.45, 2.75) is 25.8 Å². The number of nitrogens with one attached hydrogen (secondary N) is 1. The molecule has 0 unspecified atom stereocenters. The van der Waals surface area contributed by atoms with Gasteiger partial charge in [0, 0.05) is 13.0 Å². The summed E-state index contributed by atoms with van der Waals surface area (Å²) in [5.74, 6) is 1.75. The quantitative estimate of drug-likeness (QED) is 0.211. The number of nitrogens with zero attached hydrogens (tertiary/aromatic N) is 1. The Bertz CT molecular complexity index is 436. The molecular formula is C14H23N3O3. The molecule has 112 valence electrons. The first kappa shape index (κ1) is 16.1. The van der Waals surface area contributed by atoms with Gasteiger partial charge in [-0.05, 0) is 37.1 Å². The molecule has 0 saturated carbocycles. The Balaban J connectivity index is 2.28. The first-order valence-corrected chi connectivity index (χ1v) is 6.59. The van der Waals surface area contributed by atoms with E-state index in [1.54, 1.807) is 14.2 Å². The van der Waals surface area contributed by atoms with Gasteiger partial charge in [-0.2, -0.15) is 0 Å². The van der Waals surface area contributed by atoms with Crippen LogP contribution in [0.15, 0.2) is 23.4 Å². The highest BCUT2D eigenvalue weighted by atomic mass is 16.5. The SMILES string of the molecule is COc1ccc(CNCCCCC(N)=NO)cc1OC. The van der Waals surface area contributed by atoms with E-state index < -0.39 is 0 Å². The molecule has 20 heavy (non-hydrogen) atoms. The largest absolute Gasteiger partial charge is 0.493 e. The van der Waals surface area contributed by atoms with Gasteiger partial charge in [-0.1, -0.05) is 11.2 Å². The average molecular weight is 281 g/mol. The van der Waals surface area contributed by atoms with Gasteiger partial charge in [0.15, 0.2) is 11.5 Å². The first-order valence-electron chi connectivity index (χ1n) is 6.59. The minimum Gasteiger partial charge on any atom is -0.493 e. The zero-order chi connectivity index (χ0) is 14.8. The Hall–Kier alpha value is -1.95. The molecule has 0 atom stereocenters. The van der Waals surface area contributed by atoms with Crippen molar-refractivity contribution in [3.8, 4) is 11.5 Å². The van der Waals surface area contributed by atoms with E-state index in [-0.39, 0.29) is 5.84 Å². The van der Waals surface area contributed by atoms with Crippen molar-refractivity contribution in [3.63, 3.8) is 0 Å². The third kappa shape index (κ3) is 5.36. The summed E-state index contributed by atoms with van der Waals surface area (Å²) in [4.78, 5) is 0. The van der Waals surface area contributed by atoms with E-state index in [0.29, 0.717) is 6.42 Å². The minimum atomic E-state index is 0.282. The molecule has 1 aromatic rings. The lowest BCUT2D eigenvalue weighted by atomic mass is 10.2. The molecule has 0 amide bonds. The third-order valence-corrected chi connectivity index (χ3v) is 2.94. The number of methoxy groups -OCH3 is 2. The molecule has 0 heterocycles. The van der Waals surface area contributed by atoms with E-state index in [1.807, 2.05) is 18.2 Å². The maximum atomic E-state index is 8.40. The summed E-state index contributed by atoms with van der Waals surface area (Å²) in [5.41, 5.74) is 6.53. The van der Waals surface area contributed by atoms with Crippen molar-refractivity contribution in [1.82, 2.24) is 5.32 Å². The summed E-state index contributed by atoms with van der Waals surface area (Å²) < 4.78 is 10.4. The molecule has 0 radical (unpaired) electrons. The summed E-state index contributed by atoms with van der Waals surface area (Å²) in [6, 6.07) is 5.86. The number of ether oxygens (including phenoxy) is 2. The van der Waals surface area contributed by atoms with Gasteiger partial charge in [-0.3, -0.25) is 0 Å². The van der Waals surface area contributed by atoms with Crippen molar-refractivity contribution < 1.29 is 14.7 Å². The van der Waals surface area contributed by atoms with Crippen LogP contribution < -0.4 is 20.5 Å². The Kier molecular flexibility index (Phi) is 7.27. The fraction of sp³-hybridized carbons (Fsp3) is 0.500. The van der Waals surface area contributed by atoms with Gasteiger partial charge in [-0.15, -0.1) is 0 Å². The number of amidine groups is 1. The second-order valence-electron chi connectivity index (χ2n) is 4.41. The maximum Gasteiger partial charge on any atom is 0.161 e. The first-order chi connectivity index (χ1) is 9.71. The number of benzene rings is 1. The van der Waals surface area contributed by atoms with Crippen LogP contribution in [0.3, 0.4) is 0 Å². The van der Waals surface area contributed by atoms with Crippen LogP contribution in [0.1, 0.15) is 24.8 Å². The van der Waals surface area contributed by atoms with E-state index in [1.165, 1.54) is 0 Å². The summed E-state index contributed by atoms with van der Waals surface area (Å²) in [7, 11) is 3.25. The molecule has 0 fully saturated rings. The predicted molar refractivity (Wildman–Crippen MR) is 78.5 cm³/mol. The zero-order valence-electron chi connectivity index (χ0n) is 12.1. The molecule has 6 heteroatoms. The fourth-order valence-corrected chi connectivity index (χ4v) is 1.83. The summed E-state index contributed by atoms with van der Waals surface area (Å²) in [6.07, 6.45) is 2.49. The molecule has 0 aromatic heterocycles. The number of unbranched alkanes of at least 4 members (excludes halogenated alkanes) is 1. The van der Waals surface area contributed by atoms with Crippen LogP contribution in [-0.2, 0) is 6.54 Å². The van der Waals surface area contributed by atoms with Crippen LogP contribution in [0, 0.1) is 0 Å². The van der Waals surface area contributed by atoms with Gasteiger partial charge >= 0.3 is 0 Å². The third-order valence-electron chi connectivity index (χ3n) is 2.94. The molecular weight excluding hydrogens is 258 g/mol. The van der Waals surface area contributed by atoms with Gasteiger partial charge < -0.3 is 25.7 Å². The van der Waals surface area contributed by atoms with Crippen molar-refractivity contribution in [3.05, 3.63) is 23.8 Å². The highest BCUT2D eigenvalue weighted by molar-refractivity contribution is 5.79. The zero-order valence-corrected chi connectivity index (χ0v) is 12.1. The van der Waals surface area contributed by atoms with Gasteiger partial charge in [-0.25, -0.2) is 0 Å². The minimum absolute atomic E-state index is 0.282. The lowest BCUT2D eigenvalue weighted by Crippen LogP contribution is -2.16. The van der Waals surface area contributed by atoms with E-state index in [9.17, 15) is 0 Å². The number of oxime groups is 1. The average Bonchev–Trinajstić information content (AvgIpc) is 2.49. The fourth-order valence-electron chi connectivity index (χ4n) is 1.83. The normalized spacial score (nSPS) is 11.4. The summed E-state index contributed by atoms with van der Waals surface area (Å²) in [6.45, 7) is 1.65. The maximum absolute atomic E-state index is 8.40. The topological polar surface area (TPSA) is 89.1 Å². The van der Waals surface area contributed by atoms with Crippen molar-refractivity contribution in [1.29, 1.82) is 0 Å². The van der Waals surface area contributed by atoms with Gasteiger partial charge in [0.1, 0.15) is 5.84 Å². The highest BCUT2D eigenvalue weighted by Gasteiger charge is 2.04. The monoisotopic (exact) mass is 281 g/mol. The second-order valence-corrected chi connectivity index (χ2v) is 4.41. The Morgan fingerprint density at radius 1 is 1.25 bits per heavy atom. The lowest BCUT2D eigenvalue weighted by molar-refractivity contribution is 0.316. The summed E-state index contributed by atoms with van der Waals surface area (Å²) >= 11 is 0.